The number of hydrogen-bond acceptors (Lipinski definition) is 2. The maximum atomic E-state index is 6.20. The minimum atomic E-state index is -0.175. The van der Waals surface area contributed by atoms with E-state index in [1.54, 1.807) is 16.9 Å². The molecule has 0 spiro atoms. The molecule has 0 fully saturated rings. The van der Waals surface area contributed by atoms with E-state index in [0.717, 1.165) is 15.7 Å². The van der Waals surface area contributed by atoms with Gasteiger partial charge in [-0.25, -0.2) is 0 Å². The number of rotatable bonds is 3. The monoisotopic (exact) mass is 347 g/mol. The molecule has 3 nitrogen and oxygen atoms in total. The van der Waals surface area contributed by atoms with Crippen LogP contribution in [-0.4, -0.2) is 9.78 Å². The van der Waals surface area contributed by atoms with Crippen molar-refractivity contribution in [3.63, 3.8) is 0 Å². The van der Waals surface area contributed by atoms with Gasteiger partial charge in [0.15, 0.2) is 0 Å². The summed E-state index contributed by atoms with van der Waals surface area (Å²) >= 11 is 15.5. The van der Waals surface area contributed by atoms with Gasteiger partial charge in [-0.3, -0.25) is 4.68 Å². The van der Waals surface area contributed by atoms with Crippen LogP contribution in [0.25, 0.3) is 0 Å². The summed E-state index contributed by atoms with van der Waals surface area (Å²) < 4.78 is 2.67. The predicted molar refractivity (Wildman–Crippen MR) is 78.0 cm³/mol. The normalized spacial score (nSPS) is 12.7. The van der Waals surface area contributed by atoms with Crippen LogP contribution in [0.3, 0.4) is 0 Å². The molecule has 1 aromatic heterocycles. The second-order valence-electron chi connectivity index (χ2n) is 4.05. The summed E-state index contributed by atoms with van der Waals surface area (Å²) in [5.74, 6) is 0. The van der Waals surface area contributed by atoms with Gasteiger partial charge >= 0.3 is 0 Å². The van der Waals surface area contributed by atoms with Crippen molar-refractivity contribution in [1.82, 2.24) is 9.78 Å². The minimum Gasteiger partial charge on any atom is -0.322 e. The van der Waals surface area contributed by atoms with Gasteiger partial charge in [-0.2, -0.15) is 5.10 Å². The number of aryl methyl sites for hydroxylation is 1. The summed E-state index contributed by atoms with van der Waals surface area (Å²) in [6, 6.07) is 5.26. The summed E-state index contributed by atoms with van der Waals surface area (Å²) in [5.41, 5.74) is 8.12. The summed E-state index contributed by atoms with van der Waals surface area (Å²) in [6.07, 6.45) is 2.37. The molecule has 0 saturated heterocycles. The number of benzene rings is 1. The molecule has 2 aromatic rings. The van der Waals surface area contributed by atoms with Gasteiger partial charge in [-0.05, 0) is 40.0 Å². The van der Waals surface area contributed by atoms with E-state index < -0.39 is 0 Å². The van der Waals surface area contributed by atoms with Crippen molar-refractivity contribution in [2.75, 3.05) is 0 Å². The lowest BCUT2D eigenvalue weighted by Crippen LogP contribution is -2.17. The fourth-order valence-corrected chi connectivity index (χ4v) is 2.99. The molecule has 0 saturated carbocycles. The zero-order valence-electron chi connectivity index (χ0n) is 9.70. The number of nitrogens with zero attached hydrogens (tertiary/aromatic N) is 2. The summed E-state index contributed by atoms with van der Waals surface area (Å²) in [5, 5.41) is 5.41. The molecule has 6 heteroatoms. The van der Waals surface area contributed by atoms with Gasteiger partial charge in [0.05, 0.1) is 22.4 Å². The van der Waals surface area contributed by atoms with Crippen LogP contribution in [-0.2, 0) is 13.5 Å². The second kappa shape index (κ2) is 5.61. The first-order chi connectivity index (χ1) is 8.49. The Bertz CT molecular complexity index is 549. The quantitative estimate of drug-likeness (QED) is 0.918. The molecule has 0 aliphatic rings. The van der Waals surface area contributed by atoms with E-state index in [9.17, 15) is 0 Å². The Balaban J connectivity index is 2.24. The number of halogens is 3. The fourth-order valence-electron chi connectivity index (χ4n) is 1.86. The Labute approximate surface area is 124 Å². The lowest BCUT2D eigenvalue weighted by molar-refractivity contribution is 0.615. The second-order valence-corrected chi connectivity index (χ2v) is 5.75. The first-order valence-electron chi connectivity index (χ1n) is 5.36. The highest BCUT2D eigenvalue weighted by Crippen LogP contribution is 2.27. The zero-order valence-corrected chi connectivity index (χ0v) is 12.8. The zero-order chi connectivity index (χ0) is 13.3. The minimum absolute atomic E-state index is 0.175. The van der Waals surface area contributed by atoms with Crippen molar-refractivity contribution in [2.24, 2.45) is 12.8 Å². The summed E-state index contributed by atoms with van der Waals surface area (Å²) in [6.45, 7) is 0. The lowest BCUT2D eigenvalue weighted by atomic mass is 10.0. The molecule has 1 unspecified atom stereocenters. The average molecular weight is 349 g/mol. The van der Waals surface area contributed by atoms with Gasteiger partial charge in [0.1, 0.15) is 0 Å². The SMILES string of the molecule is Cn1ncc(Br)c1C(N)Cc1ccc(Cl)cc1Cl. The Kier molecular flexibility index (Phi) is 4.33. The molecule has 18 heavy (non-hydrogen) atoms. The molecular formula is C12H12BrCl2N3. The number of hydrogen-bond donors (Lipinski definition) is 1. The van der Waals surface area contributed by atoms with Crippen LogP contribution in [0, 0.1) is 0 Å². The first-order valence-corrected chi connectivity index (χ1v) is 6.91. The van der Waals surface area contributed by atoms with E-state index in [0.29, 0.717) is 16.5 Å². The molecule has 1 heterocycles. The topological polar surface area (TPSA) is 43.8 Å². The van der Waals surface area contributed by atoms with Crippen LogP contribution >= 0.6 is 39.1 Å². The van der Waals surface area contributed by atoms with Crippen LogP contribution in [0.1, 0.15) is 17.3 Å². The molecule has 1 aromatic carbocycles. The molecule has 0 bridgehead atoms. The van der Waals surface area contributed by atoms with Crippen molar-refractivity contribution < 1.29 is 0 Å². The van der Waals surface area contributed by atoms with Gasteiger partial charge in [0.25, 0.3) is 0 Å². The average Bonchev–Trinajstić information content (AvgIpc) is 2.62. The largest absolute Gasteiger partial charge is 0.322 e. The van der Waals surface area contributed by atoms with Crippen molar-refractivity contribution in [3.05, 3.63) is 50.2 Å². The maximum absolute atomic E-state index is 6.20. The third kappa shape index (κ3) is 2.88. The molecule has 96 valence electrons. The Hall–Kier alpha value is -0.550. The molecule has 1 atom stereocenters. The first kappa shape index (κ1) is 13.9. The Morgan fingerprint density at radius 3 is 2.72 bits per heavy atom. The highest BCUT2D eigenvalue weighted by molar-refractivity contribution is 9.10. The summed E-state index contributed by atoms with van der Waals surface area (Å²) in [7, 11) is 1.86. The van der Waals surface area contributed by atoms with Gasteiger partial charge in [0.2, 0.25) is 0 Å². The molecule has 2 rings (SSSR count). The molecular weight excluding hydrogens is 337 g/mol. The molecule has 0 aliphatic heterocycles. The number of nitrogens with two attached hydrogens (primary N) is 1. The highest BCUT2D eigenvalue weighted by Gasteiger charge is 2.16. The van der Waals surface area contributed by atoms with Crippen LogP contribution < -0.4 is 5.73 Å². The van der Waals surface area contributed by atoms with Crippen molar-refractivity contribution in [1.29, 1.82) is 0 Å². The van der Waals surface area contributed by atoms with E-state index in [1.165, 1.54) is 0 Å². The van der Waals surface area contributed by atoms with Gasteiger partial charge < -0.3 is 5.73 Å². The summed E-state index contributed by atoms with van der Waals surface area (Å²) in [4.78, 5) is 0. The van der Waals surface area contributed by atoms with Gasteiger partial charge in [-0.1, -0.05) is 29.3 Å². The van der Waals surface area contributed by atoms with E-state index in [2.05, 4.69) is 21.0 Å². The smallest absolute Gasteiger partial charge is 0.0693 e. The van der Waals surface area contributed by atoms with Crippen LogP contribution in [0.2, 0.25) is 10.0 Å². The van der Waals surface area contributed by atoms with E-state index >= 15 is 0 Å². The Morgan fingerprint density at radius 1 is 1.44 bits per heavy atom. The van der Waals surface area contributed by atoms with Gasteiger partial charge in [-0.15, -0.1) is 0 Å². The van der Waals surface area contributed by atoms with Crippen LogP contribution in [0.15, 0.2) is 28.9 Å². The van der Waals surface area contributed by atoms with Crippen molar-refractivity contribution in [3.8, 4) is 0 Å². The van der Waals surface area contributed by atoms with E-state index in [4.69, 9.17) is 28.9 Å². The third-order valence-corrected chi connectivity index (χ3v) is 3.94. The van der Waals surface area contributed by atoms with E-state index in [-0.39, 0.29) is 6.04 Å². The molecule has 0 amide bonds. The molecule has 2 N–H and O–H groups in total. The fraction of sp³-hybridized carbons (Fsp3) is 0.250. The third-order valence-electron chi connectivity index (χ3n) is 2.74. The molecule has 0 aliphatic carbocycles. The Morgan fingerprint density at radius 2 is 2.17 bits per heavy atom. The van der Waals surface area contributed by atoms with Crippen LogP contribution in [0.4, 0.5) is 0 Å². The standard InChI is InChI=1S/C12H12BrCl2N3/c1-18-12(9(13)6-17-18)11(16)4-7-2-3-8(14)5-10(7)15/h2-3,5-6,11H,4,16H2,1H3. The van der Waals surface area contributed by atoms with Crippen molar-refractivity contribution >= 4 is 39.1 Å². The van der Waals surface area contributed by atoms with Gasteiger partial charge in [0, 0.05) is 17.1 Å². The number of aromatic nitrogens is 2. The lowest BCUT2D eigenvalue weighted by Gasteiger charge is -2.14. The highest BCUT2D eigenvalue weighted by atomic mass is 79.9. The molecule has 0 radical (unpaired) electrons. The maximum Gasteiger partial charge on any atom is 0.0693 e. The van der Waals surface area contributed by atoms with Crippen molar-refractivity contribution in [2.45, 2.75) is 12.5 Å². The van der Waals surface area contributed by atoms with Crippen LogP contribution in [0.5, 0.6) is 0 Å². The van der Waals surface area contributed by atoms with E-state index in [1.807, 2.05) is 19.2 Å². The predicted octanol–water partition coefficient (Wildman–Crippen LogP) is 3.73.